The number of hydrogen-bond acceptors (Lipinski definition) is 5. The first-order valence-corrected chi connectivity index (χ1v) is 12.2. The Morgan fingerprint density at radius 1 is 0.970 bits per heavy atom. The van der Waals surface area contributed by atoms with Crippen molar-refractivity contribution in [3.8, 4) is 5.75 Å². The van der Waals surface area contributed by atoms with Crippen LogP contribution in [0.25, 0.3) is 0 Å². The van der Waals surface area contributed by atoms with Gasteiger partial charge in [-0.25, -0.2) is 0 Å². The number of carbonyl (C=O) groups is 2. The van der Waals surface area contributed by atoms with E-state index in [4.69, 9.17) is 10.5 Å². The number of amides is 1. The summed E-state index contributed by atoms with van der Waals surface area (Å²) in [4.78, 5) is 29.2. The van der Waals surface area contributed by atoms with Crippen LogP contribution in [0.4, 0.5) is 0 Å². The summed E-state index contributed by atoms with van der Waals surface area (Å²) >= 11 is 0. The summed E-state index contributed by atoms with van der Waals surface area (Å²) in [6.07, 6.45) is 3.31. The van der Waals surface area contributed by atoms with E-state index in [2.05, 4.69) is 17.0 Å². The van der Waals surface area contributed by atoms with Gasteiger partial charge in [-0.3, -0.25) is 9.59 Å². The van der Waals surface area contributed by atoms with Crippen LogP contribution in [-0.4, -0.2) is 67.4 Å². The van der Waals surface area contributed by atoms with E-state index in [1.807, 2.05) is 47.4 Å². The molecule has 2 aliphatic rings. The van der Waals surface area contributed by atoms with Gasteiger partial charge in [0.05, 0.1) is 6.61 Å². The molecule has 6 heteroatoms. The molecular weight excluding hydrogens is 414 g/mol. The SMILES string of the molecule is NCCC(=O)N1CCCN(CCCOc2ccc(C(=O)C3CC3c3ccccc3)cc2)CC1. The molecule has 2 unspecified atom stereocenters. The fourth-order valence-electron chi connectivity index (χ4n) is 4.69. The Morgan fingerprint density at radius 2 is 1.76 bits per heavy atom. The Balaban J connectivity index is 1.16. The van der Waals surface area contributed by atoms with Gasteiger partial charge in [-0.05, 0) is 61.6 Å². The molecule has 2 aromatic rings. The van der Waals surface area contributed by atoms with E-state index >= 15 is 0 Å². The second-order valence-corrected chi connectivity index (χ2v) is 9.06. The first kappa shape index (κ1) is 23.5. The zero-order valence-corrected chi connectivity index (χ0v) is 19.3. The predicted molar refractivity (Wildman–Crippen MR) is 129 cm³/mol. The third kappa shape index (κ3) is 6.42. The highest BCUT2D eigenvalue weighted by molar-refractivity contribution is 6.00. The van der Waals surface area contributed by atoms with Crippen molar-refractivity contribution in [1.29, 1.82) is 0 Å². The van der Waals surface area contributed by atoms with Crippen molar-refractivity contribution in [2.24, 2.45) is 11.7 Å². The van der Waals surface area contributed by atoms with E-state index in [9.17, 15) is 9.59 Å². The van der Waals surface area contributed by atoms with Crippen molar-refractivity contribution in [1.82, 2.24) is 9.80 Å². The van der Waals surface area contributed by atoms with Crippen LogP contribution in [0.1, 0.15) is 47.5 Å². The van der Waals surface area contributed by atoms with Crippen molar-refractivity contribution in [3.05, 3.63) is 65.7 Å². The van der Waals surface area contributed by atoms with Crippen molar-refractivity contribution in [2.45, 2.75) is 31.6 Å². The van der Waals surface area contributed by atoms with E-state index in [1.165, 1.54) is 5.56 Å². The Morgan fingerprint density at radius 3 is 2.52 bits per heavy atom. The largest absolute Gasteiger partial charge is 0.494 e. The van der Waals surface area contributed by atoms with Crippen LogP contribution in [-0.2, 0) is 4.79 Å². The standard InChI is InChI=1S/C27H35N3O3/c28-13-12-26(31)30-16-4-14-29(17-18-30)15-5-19-33-23-10-8-22(9-11-23)27(32)25-20-24(25)21-6-2-1-3-7-21/h1-3,6-11,24-25H,4-5,12-20,28H2. The Bertz CT molecular complexity index is 916. The maximum Gasteiger partial charge on any atom is 0.223 e. The van der Waals surface area contributed by atoms with Crippen LogP contribution in [0.3, 0.4) is 0 Å². The molecule has 2 atom stereocenters. The molecule has 2 fully saturated rings. The Kier molecular flexibility index (Phi) is 8.13. The summed E-state index contributed by atoms with van der Waals surface area (Å²) in [5, 5.41) is 0. The summed E-state index contributed by atoms with van der Waals surface area (Å²) in [7, 11) is 0. The molecule has 33 heavy (non-hydrogen) atoms. The molecule has 1 saturated carbocycles. The molecule has 0 spiro atoms. The lowest BCUT2D eigenvalue weighted by molar-refractivity contribution is -0.130. The number of nitrogens with two attached hydrogens (primary N) is 1. The second kappa shape index (κ2) is 11.4. The minimum Gasteiger partial charge on any atom is -0.494 e. The number of carbonyl (C=O) groups excluding carboxylic acids is 2. The van der Waals surface area contributed by atoms with Gasteiger partial charge in [0, 0.05) is 50.6 Å². The molecule has 1 saturated heterocycles. The molecule has 2 N–H and O–H groups in total. The fraction of sp³-hybridized carbons (Fsp3) is 0.481. The molecule has 1 aliphatic heterocycles. The number of benzene rings is 2. The summed E-state index contributed by atoms with van der Waals surface area (Å²) < 4.78 is 5.90. The molecule has 0 aromatic heterocycles. The zero-order valence-electron chi connectivity index (χ0n) is 19.3. The highest BCUT2D eigenvalue weighted by atomic mass is 16.5. The first-order chi connectivity index (χ1) is 16.2. The van der Waals surface area contributed by atoms with E-state index < -0.39 is 0 Å². The van der Waals surface area contributed by atoms with Gasteiger partial charge in [-0.15, -0.1) is 0 Å². The van der Waals surface area contributed by atoms with Crippen LogP contribution in [0, 0.1) is 5.92 Å². The maximum atomic E-state index is 12.8. The summed E-state index contributed by atoms with van der Waals surface area (Å²) in [6.45, 7) is 5.52. The molecular formula is C27H35N3O3. The van der Waals surface area contributed by atoms with Crippen molar-refractivity contribution in [3.63, 3.8) is 0 Å². The number of nitrogens with zero attached hydrogens (tertiary/aromatic N) is 2. The number of ketones is 1. The van der Waals surface area contributed by atoms with Crippen molar-refractivity contribution >= 4 is 11.7 Å². The third-order valence-electron chi connectivity index (χ3n) is 6.68. The molecule has 1 amide bonds. The highest BCUT2D eigenvalue weighted by Gasteiger charge is 2.43. The molecule has 0 bridgehead atoms. The van der Waals surface area contributed by atoms with Gasteiger partial charge in [0.15, 0.2) is 5.78 Å². The second-order valence-electron chi connectivity index (χ2n) is 9.06. The number of Topliss-reactive ketones (excluding diaryl/α,β-unsaturated/α-hetero) is 1. The summed E-state index contributed by atoms with van der Waals surface area (Å²) in [6, 6.07) is 17.9. The molecule has 6 nitrogen and oxygen atoms in total. The monoisotopic (exact) mass is 449 g/mol. The fourth-order valence-corrected chi connectivity index (χ4v) is 4.69. The van der Waals surface area contributed by atoms with Gasteiger partial charge in [0.25, 0.3) is 0 Å². The quantitative estimate of drug-likeness (QED) is 0.445. The van der Waals surface area contributed by atoms with E-state index in [1.54, 1.807) is 0 Å². The van der Waals surface area contributed by atoms with Gasteiger partial charge >= 0.3 is 0 Å². The van der Waals surface area contributed by atoms with Crippen LogP contribution in [0.5, 0.6) is 5.75 Å². The maximum absolute atomic E-state index is 12.8. The van der Waals surface area contributed by atoms with Crippen LogP contribution >= 0.6 is 0 Å². The third-order valence-corrected chi connectivity index (χ3v) is 6.68. The van der Waals surface area contributed by atoms with Gasteiger partial charge < -0.3 is 20.3 Å². The highest BCUT2D eigenvalue weighted by Crippen LogP contribution is 2.49. The van der Waals surface area contributed by atoms with Crippen LogP contribution in [0.2, 0.25) is 0 Å². The number of rotatable bonds is 10. The molecule has 176 valence electrons. The summed E-state index contributed by atoms with van der Waals surface area (Å²) in [5.74, 6) is 1.67. The minimum absolute atomic E-state index is 0.106. The van der Waals surface area contributed by atoms with Crippen LogP contribution in [0.15, 0.2) is 54.6 Å². The molecule has 4 rings (SSSR count). The summed E-state index contributed by atoms with van der Waals surface area (Å²) in [5.41, 5.74) is 7.54. The lowest BCUT2D eigenvalue weighted by Gasteiger charge is -2.22. The molecule has 0 radical (unpaired) electrons. The topological polar surface area (TPSA) is 75.9 Å². The van der Waals surface area contributed by atoms with Gasteiger partial charge in [0.1, 0.15) is 5.75 Å². The average Bonchev–Trinajstić information content (AvgIpc) is 3.67. The van der Waals surface area contributed by atoms with E-state index in [0.29, 0.717) is 25.5 Å². The normalized spacial score (nSPS) is 20.8. The van der Waals surface area contributed by atoms with E-state index in [0.717, 1.165) is 63.3 Å². The average molecular weight is 450 g/mol. The van der Waals surface area contributed by atoms with Crippen LogP contribution < -0.4 is 10.5 Å². The zero-order chi connectivity index (χ0) is 23.0. The van der Waals surface area contributed by atoms with Gasteiger partial charge in [-0.2, -0.15) is 0 Å². The smallest absolute Gasteiger partial charge is 0.223 e. The van der Waals surface area contributed by atoms with Gasteiger partial charge in [0.2, 0.25) is 5.91 Å². The van der Waals surface area contributed by atoms with Crippen molar-refractivity contribution < 1.29 is 14.3 Å². The predicted octanol–water partition coefficient (Wildman–Crippen LogP) is 3.33. The first-order valence-electron chi connectivity index (χ1n) is 12.2. The molecule has 1 aliphatic carbocycles. The van der Waals surface area contributed by atoms with E-state index in [-0.39, 0.29) is 17.6 Å². The molecule has 2 aromatic carbocycles. The molecule has 1 heterocycles. The number of hydrogen-bond donors (Lipinski definition) is 1. The Hall–Kier alpha value is -2.70. The van der Waals surface area contributed by atoms with Crippen molar-refractivity contribution in [2.75, 3.05) is 45.9 Å². The lowest BCUT2D eigenvalue weighted by Crippen LogP contribution is -2.36. The number of ether oxygens (including phenoxy) is 1. The Labute approximate surface area is 196 Å². The lowest BCUT2D eigenvalue weighted by atomic mass is 10.0. The van der Waals surface area contributed by atoms with Gasteiger partial charge in [-0.1, -0.05) is 30.3 Å². The minimum atomic E-state index is 0.106.